The maximum atomic E-state index is 12.2. The summed E-state index contributed by atoms with van der Waals surface area (Å²) >= 11 is 0. The summed E-state index contributed by atoms with van der Waals surface area (Å²) in [6.07, 6.45) is 0.645. The zero-order valence-electron chi connectivity index (χ0n) is 13.0. The second kappa shape index (κ2) is 7.91. The summed E-state index contributed by atoms with van der Waals surface area (Å²) < 4.78 is 0. The summed E-state index contributed by atoms with van der Waals surface area (Å²) in [4.78, 5) is 31.6. The van der Waals surface area contributed by atoms with Crippen LogP contribution in [0.25, 0.3) is 10.9 Å². The third kappa shape index (κ3) is 4.67. The van der Waals surface area contributed by atoms with E-state index in [1.54, 1.807) is 18.2 Å². The molecule has 0 saturated carbocycles. The van der Waals surface area contributed by atoms with Gasteiger partial charge in [-0.15, -0.1) is 0 Å². The number of fused-ring (bicyclic) bond motifs is 1. The third-order valence-corrected chi connectivity index (χ3v) is 3.38. The van der Waals surface area contributed by atoms with Crippen LogP contribution in [0.2, 0.25) is 0 Å². The molecule has 2 aromatic rings. The van der Waals surface area contributed by atoms with Crippen molar-refractivity contribution in [3.8, 4) is 0 Å². The average molecular weight is 329 g/mol. The van der Waals surface area contributed by atoms with Gasteiger partial charge in [-0.05, 0) is 25.0 Å². The number of benzene rings is 1. The van der Waals surface area contributed by atoms with Gasteiger partial charge in [0.15, 0.2) is 5.96 Å². The number of nitrogens with two attached hydrogens (primary N) is 2. The number of nitrogens with zero attached hydrogens (tertiary/aromatic N) is 2. The van der Waals surface area contributed by atoms with Gasteiger partial charge in [-0.25, -0.2) is 9.78 Å². The van der Waals surface area contributed by atoms with Crippen molar-refractivity contribution in [2.24, 2.45) is 16.5 Å². The van der Waals surface area contributed by atoms with Gasteiger partial charge in [0.05, 0.1) is 5.52 Å². The largest absolute Gasteiger partial charge is 0.480 e. The molecule has 6 N–H and O–H groups in total. The number of aromatic nitrogens is 1. The zero-order valence-corrected chi connectivity index (χ0v) is 13.0. The van der Waals surface area contributed by atoms with E-state index in [-0.39, 0.29) is 18.1 Å². The molecule has 1 aromatic carbocycles. The van der Waals surface area contributed by atoms with Crippen LogP contribution in [0.4, 0.5) is 0 Å². The minimum atomic E-state index is -1.12. The van der Waals surface area contributed by atoms with Crippen molar-refractivity contribution in [2.45, 2.75) is 18.9 Å². The fourth-order valence-electron chi connectivity index (χ4n) is 2.19. The Morgan fingerprint density at radius 1 is 1.21 bits per heavy atom. The number of para-hydroxylation sites is 1. The number of pyridine rings is 1. The summed E-state index contributed by atoms with van der Waals surface area (Å²) in [6.45, 7) is 0.302. The third-order valence-electron chi connectivity index (χ3n) is 3.38. The smallest absolute Gasteiger partial charge is 0.326 e. The van der Waals surface area contributed by atoms with Crippen LogP contribution in [0.15, 0.2) is 41.4 Å². The lowest BCUT2D eigenvalue weighted by molar-refractivity contribution is -0.139. The number of aliphatic imine (C=N–C) groups is 1. The first-order valence-electron chi connectivity index (χ1n) is 7.42. The van der Waals surface area contributed by atoms with E-state index in [9.17, 15) is 14.7 Å². The molecule has 0 aliphatic rings. The number of guanidine groups is 1. The molecule has 1 heterocycles. The summed E-state index contributed by atoms with van der Waals surface area (Å²) in [7, 11) is 0. The van der Waals surface area contributed by atoms with Crippen LogP contribution in [0.5, 0.6) is 0 Å². The molecule has 0 spiro atoms. The Balaban J connectivity index is 2.03. The molecule has 0 bridgehead atoms. The summed E-state index contributed by atoms with van der Waals surface area (Å²) in [5, 5.41) is 12.6. The number of hydrogen-bond acceptors (Lipinski definition) is 4. The maximum absolute atomic E-state index is 12.2. The van der Waals surface area contributed by atoms with Crippen molar-refractivity contribution in [3.63, 3.8) is 0 Å². The molecule has 8 nitrogen and oxygen atoms in total. The molecule has 126 valence electrons. The van der Waals surface area contributed by atoms with Crippen molar-refractivity contribution in [1.82, 2.24) is 10.3 Å². The molecule has 1 amide bonds. The van der Waals surface area contributed by atoms with E-state index in [1.165, 1.54) is 0 Å². The van der Waals surface area contributed by atoms with E-state index in [0.29, 0.717) is 18.5 Å². The number of carbonyl (C=O) groups is 2. The highest BCUT2D eigenvalue weighted by Gasteiger charge is 2.21. The standard InChI is InChI=1S/C16H19N5O3/c17-16(18)19-9-3-6-13(15(23)24)21-14(22)12-8-7-10-4-1-2-5-11(10)20-12/h1-2,4-5,7-8,13H,3,6,9H2,(H,21,22)(H,23,24)(H4,17,18,19). The van der Waals surface area contributed by atoms with Crippen molar-refractivity contribution < 1.29 is 14.7 Å². The first-order chi connectivity index (χ1) is 11.5. The van der Waals surface area contributed by atoms with E-state index in [0.717, 1.165) is 5.39 Å². The molecule has 0 radical (unpaired) electrons. The molecular formula is C16H19N5O3. The van der Waals surface area contributed by atoms with Crippen LogP contribution in [-0.4, -0.2) is 40.5 Å². The Hall–Kier alpha value is -3.16. The van der Waals surface area contributed by atoms with Crippen LogP contribution >= 0.6 is 0 Å². The van der Waals surface area contributed by atoms with Gasteiger partial charge in [0, 0.05) is 11.9 Å². The van der Waals surface area contributed by atoms with Crippen LogP contribution in [-0.2, 0) is 4.79 Å². The van der Waals surface area contributed by atoms with Crippen molar-refractivity contribution in [3.05, 3.63) is 42.1 Å². The van der Waals surface area contributed by atoms with E-state index >= 15 is 0 Å². The number of nitrogens with one attached hydrogen (secondary N) is 1. The number of carboxylic acid groups (broad SMARTS) is 1. The second-order valence-electron chi connectivity index (χ2n) is 5.20. The van der Waals surface area contributed by atoms with E-state index in [1.807, 2.05) is 18.2 Å². The van der Waals surface area contributed by atoms with Crippen LogP contribution in [0.3, 0.4) is 0 Å². The van der Waals surface area contributed by atoms with Crippen LogP contribution in [0.1, 0.15) is 23.3 Å². The molecule has 0 fully saturated rings. The maximum Gasteiger partial charge on any atom is 0.326 e. The van der Waals surface area contributed by atoms with E-state index in [4.69, 9.17) is 11.5 Å². The number of aliphatic carboxylic acids is 1. The fourth-order valence-corrected chi connectivity index (χ4v) is 2.19. The van der Waals surface area contributed by atoms with Crippen LogP contribution in [0, 0.1) is 0 Å². The van der Waals surface area contributed by atoms with Crippen LogP contribution < -0.4 is 16.8 Å². The van der Waals surface area contributed by atoms with Crippen molar-refractivity contribution >= 4 is 28.7 Å². The number of carbonyl (C=O) groups excluding carboxylic acids is 1. The van der Waals surface area contributed by atoms with Gasteiger partial charge in [-0.2, -0.15) is 0 Å². The van der Waals surface area contributed by atoms with E-state index in [2.05, 4.69) is 15.3 Å². The quantitative estimate of drug-likeness (QED) is 0.330. The lowest BCUT2D eigenvalue weighted by atomic mass is 10.1. The summed E-state index contributed by atoms with van der Waals surface area (Å²) in [5.41, 5.74) is 11.3. The normalized spacial score (nSPS) is 11.7. The molecular weight excluding hydrogens is 310 g/mol. The van der Waals surface area contributed by atoms with E-state index < -0.39 is 17.9 Å². The average Bonchev–Trinajstić information content (AvgIpc) is 2.56. The molecule has 1 atom stereocenters. The van der Waals surface area contributed by atoms with Gasteiger partial charge in [0.2, 0.25) is 0 Å². The lowest BCUT2D eigenvalue weighted by Gasteiger charge is -2.14. The van der Waals surface area contributed by atoms with Gasteiger partial charge in [0.1, 0.15) is 11.7 Å². The van der Waals surface area contributed by atoms with Gasteiger partial charge in [-0.3, -0.25) is 9.79 Å². The highest BCUT2D eigenvalue weighted by atomic mass is 16.4. The Morgan fingerprint density at radius 3 is 2.67 bits per heavy atom. The SMILES string of the molecule is NC(N)=NCCCC(NC(=O)c1ccc2ccccc2n1)C(=O)O. The fraction of sp³-hybridized carbons (Fsp3) is 0.250. The predicted octanol–water partition coefficient (Wildman–Crippen LogP) is 0.471. The number of rotatable bonds is 7. The molecule has 24 heavy (non-hydrogen) atoms. The van der Waals surface area contributed by atoms with Crippen molar-refractivity contribution in [2.75, 3.05) is 6.54 Å². The highest BCUT2D eigenvalue weighted by Crippen LogP contribution is 2.12. The van der Waals surface area contributed by atoms with Gasteiger partial charge < -0.3 is 21.9 Å². The first-order valence-corrected chi connectivity index (χ1v) is 7.42. The van der Waals surface area contributed by atoms with Gasteiger partial charge >= 0.3 is 5.97 Å². The Morgan fingerprint density at radius 2 is 1.96 bits per heavy atom. The Bertz CT molecular complexity index is 771. The molecule has 0 aliphatic carbocycles. The van der Waals surface area contributed by atoms with Crippen molar-refractivity contribution in [1.29, 1.82) is 0 Å². The molecule has 8 heteroatoms. The monoisotopic (exact) mass is 329 g/mol. The second-order valence-corrected chi connectivity index (χ2v) is 5.20. The number of hydrogen-bond donors (Lipinski definition) is 4. The molecule has 0 saturated heterocycles. The van der Waals surface area contributed by atoms with Gasteiger partial charge in [-0.1, -0.05) is 24.3 Å². The Kier molecular flexibility index (Phi) is 5.67. The minimum Gasteiger partial charge on any atom is -0.480 e. The summed E-state index contributed by atoms with van der Waals surface area (Å²) in [6, 6.07) is 9.67. The minimum absolute atomic E-state index is 0.0497. The molecule has 2 rings (SSSR count). The number of amides is 1. The number of carboxylic acids is 1. The highest BCUT2D eigenvalue weighted by molar-refractivity contribution is 5.96. The Labute approximate surface area is 138 Å². The topological polar surface area (TPSA) is 144 Å². The molecule has 1 aromatic heterocycles. The lowest BCUT2D eigenvalue weighted by Crippen LogP contribution is -2.41. The van der Waals surface area contributed by atoms with Gasteiger partial charge in [0.25, 0.3) is 5.91 Å². The molecule has 0 aliphatic heterocycles. The summed E-state index contributed by atoms with van der Waals surface area (Å²) in [5.74, 6) is -1.70. The predicted molar refractivity (Wildman–Crippen MR) is 90.5 cm³/mol. The zero-order chi connectivity index (χ0) is 17.5. The molecule has 1 unspecified atom stereocenters. The first kappa shape index (κ1) is 17.2.